The summed E-state index contributed by atoms with van der Waals surface area (Å²) < 4.78 is 53.4. The molecule has 0 unspecified atom stereocenters. The van der Waals surface area contributed by atoms with Crippen LogP contribution in [-0.4, -0.2) is 83.0 Å². The maximum absolute atomic E-state index is 14.3. The lowest BCUT2D eigenvalue weighted by atomic mass is 9.77. The van der Waals surface area contributed by atoms with Crippen LogP contribution < -0.4 is 14.4 Å². The van der Waals surface area contributed by atoms with E-state index in [9.17, 15) is 18.3 Å². The second kappa shape index (κ2) is 15.3. The first-order valence-corrected chi connectivity index (χ1v) is 17.9. The minimum absolute atomic E-state index is 0.0739. The van der Waals surface area contributed by atoms with Crippen molar-refractivity contribution in [2.45, 2.75) is 69.6 Å². The van der Waals surface area contributed by atoms with E-state index < -0.39 is 33.6 Å². The lowest BCUT2D eigenvalue weighted by Gasteiger charge is -2.45. The first kappa shape index (κ1) is 35.7. The fourth-order valence-corrected chi connectivity index (χ4v) is 8.28. The van der Waals surface area contributed by atoms with Crippen molar-refractivity contribution < 1.29 is 37.3 Å². The highest BCUT2D eigenvalue weighted by molar-refractivity contribution is 7.89. The number of fused-ring (bicyclic) bond motifs is 1. The van der Waals surface area contributed by atoms with Gasteiger partial charge in [-0.2, -0.15) is 4.31 Å². The molecule has 2 aliphatic rings. The minimum Gasteiger partial charge on any atom is -0.497 e. The number of aryl methyl sites for hydroxylation is 1. The number of carboxylic acids is 1. The van der Waals surface area contributed by atoms with Crippen LogP contribution in [0.25, 0.3) is 0 Å². The van der Waals surface area contributed by atoms with Crippen LogP contribution in [0, 0.1) is 12.3 Å². The molecule has 2 heterocycles. The van der Waals surface area contributed by atoms with E-state index in [4.69, 9.17) is 18.9 Å². The molecular weight excluding hydrogens is 632 g/mol. The molecule has 1 N–H and O–H groups in total. The number of benzene rings is 3. The average molecular weight is 681 g/mol. The van der Waals surface area contributed by atoms with E-state index >= 15 is 0 Å². The molecule has 3 aromatic carbocycles. The molecule has 10 nitrogen and oxygen atoms in total. The summed E-state index contributed by atoms with van der Waals surface area (Å²) in [6, 6.07) is 20.0. The lowest BCUT2D eigenvalue weighted by molar-refractivity contribution is -0.148. The molecule has 0 aromatic heterocycles. The summed E-state index contributed by atoms with van der Waals surface area (Å²) >= 11 is 0. The van der Waals surface area contributed by atoms with E-state index in [1.54, 1.807) is 52.3 Å². The molecule has 3 atom stereocenters. The number of rotatable bonds is 14. The number of carboxylic acid groups (broad SMARTS) is 1. The van der Waals surface area contributed by atoms with Crippen LogP contribution in [0.3, 0.4) is 0 Å². The van der Waals surface area contributed by atoms with Gasteiger partial charge in [0.15, 0.2) is 0 Å². The van der Waals surface area contributed by atoms with Gasteiger partial charge in [0, 0.05) is 38.8 Å². The standard InChI is InChI=1S/C37H48N2O8S/c1-26-7-14-31(15-8-26)48(42,43)39-24-35(47-25-27-9-16-34-33(21-27)38(18-20-46-34)17-6-19-44-4)32(28-10-12-30(45-5)13-11-28)22-29(39)23-37(2,3)36(40)41/h7-16,21,29,32,35H,6,17-20,22-25H2,1-5H3,(H,40,41)/t29-,32-,35+/m1/s1. The van der Waals surface area contributed by atoms with Gasteiger partial charge in [0.05, 0.1) is 42.4 Å². The third kappa shape index (κ3) is 8.14. The van der Waals surface area contributed by atoms with Crippen molar-refractivity contribution in [2.75, 3.05) is 52.0 Å². The van der Waals surface area contributed by atoms with Crippen molar-refractivity contribution in [3.05, 3.63) is 83.4 Å². The molecule has 5 rings (SSSR count). The lowest BCUT2D eigenvalue weighted by Crippen LogP contribution is -2.53. The number of aliphatic carboxylic acids is 1. The predicted octanol–water partition coefficient (Wildman–Crippen LogP) is 5.87. The molecule has 0 spiro atoms. The Morgan fingerprint density at radius 2 is 1.77 bits per heavy atom. The Hall–Kier alpha value is -3.64. The van der Waals surface area contributed by atoms with Crippen molar-refractivity contribution in [2.24, 2.45) is 5.41 Å². The maximum Gasteiger partial charge on any atom is 0.309 e. The summed E-state index contributed by atoms with van der Waals surface area (Å²) in [6.07, 6.45) is 0.932. The molecule has 0 amide bonds. The summed E-state index contributed by atoms with van der Waals surface area (Å²) in [4.78, 5) is 14.8. The zero-order chi connectivity index (χ0) is 34.5. The molecule has 0 radical (unpaired) electrons. The van der Waals surface area contributed by atoms with Crippen LogP contribution >= 0.6 is 0 Å². The second-order valence-corrected chi connectivity index (χ2v) is 15.3. The van der Waals surface area contributed by atoms with Crippen LogP contribution in [0.4, 0.5) is 5.69 Å². The number of sulfonamides is 1. The largest absolute Gasteiger partial charge is 0.497 e. The third-order valence-corrected chi connectivity index (χ3v) is 11.4. The maximum atomic E-state index is 14.3. The van der Waals surface area contributed by atoms with Gasteiger partial charge in [0.1, 0.15) is 18.1 Å². The molecule has 0 aliphatic carbocycles. The number of hydrogen-bond donors (Lipinski definition) is 1. The Labute approximate surface area is 284 Å². The van der Waals surface area contributed by atoms with Crippen LogP contribution in [0.15, 0.2) is 71.6 Å². The second-order valence-electron chi connectivity index (χ2n) is 13.4. The highest BCUT2D eigenvalue weighted by atomic mass is 32.2. The molecular formula is C37H48N2O8S. The molecule has 48 heavy (non-hydrogen) atoms. The monoisotopic (exact) mass is 680 g/mol. The van der Waals surface area contributed by atoms with E-state index in [-0.39, 0.29) is 30.4 Å². The molecule has 260 valence electrons. The third-order valence-electron chi connectivity index (χ3n) is 9.46. The van der Waals surface area contributed by atoms with Crippen LogP contribution in [0.2, 0.25) is 0 Å². The highest BCUT2D eigenvalue weighted by Crippen LogP contribution is 2.42. The number of piperidine rings is 1. The SMILES string of the molecule is COCCCN1CCOc2ccc(CO[C@H]3CN(S(=O)(=O)c4ccc(C)cc4)[C@@H](CC(C)(C)C(=O)O)C[C@@H]3c3ccc(OC)cc3)cc21. The summed E-state index contributed by atoms with van der Waals surface area (Å²) in [5, 5.41) is 10.0. The fourth-order valence-electron chi connectivity index (χ4n) is 6.63. The van der Waals surface area contributed by atoms with Gasteiger partial charge in [-0.1, -0.05) is 35.9 Å². The smallest absolute Gasteiger partial charge is 0.309 e. The zero-order valence-corrected chi connectivity index (χ0v) is 29.4. The van der Waals surface area contributed by atoms with Crippen molar-refractivity contribution in [1.29, 1.82) is 0 Å². The van der Waals surface area contributed by atoms with Crippen LogP contribution in [0.5, 0.6) is 11.5 Å². The van der Waals surface area contributed by atoms with Gasteiger partial charge in [0.25, 0.3) is 0 Å². The Morgan fingerprint density at radius 1 is 1.04 bits per heavy atom. The minimum atomic E-state index is -3.98. The summed E-state index contributed by atoms with van der Waals surface area (Å²) in [6.45, 7) is 8.46. The average Bonchev–Trinajstić information content (AvgIpc) is 3.07. The van der Waals surface area contributed by atoms with Crippen molar-refractivity contribution in [1.82, 2.24) is 4.31 Å². The van der Waals surface area contributed by atoms with Crippen molar-refractivity contribution in [3.63, 3.8) is 0 Å². The van der Waals surface area contributed by atoms with Gasteiger partial charge in [-0.25, -0.2) is 8.42 Å². The van der Waals surface area contributed by atoms with E-state index in [2.05, 4.69) is 11.0 Å². The zero-order valence-electron chi connectivity index (χ0n) is 28.6. The van der Waals surface area contributed by atoms with E-state index in [0.717, 1.165) is 47.6 Å². The van der Waals surface area contributed by atoms with Gasteiger partial charge >= 0.3 is 5.97 Å². The van der Waals surface area contributed by atoms with Crippen molar-refractivity contribution >= 4 is 21.7 Å². The first-order valence-electron chi connectivity index (χ1n) is 16.5. The Morgan fingerprint density at radius 3 is 2.44 bits per heavy atom. The van der Waals surface area contributed by atoms with Crippen LogP contribution in [-0.2, 0) is 30.9 Å². The Kier molecular flexibility index (Phi) is 11.4. The molecule has 11 heteroatoms. The number of ether oxygens (including phenoxy) is 4. The number of methoxy groups -OCH3 is 2. The number of nitrogens with zero attached hydrogens (tertiary/aromatic N) is 2. The fraction of sp³-hybridized carbons (Fsp3) is 0.486. The summed E-state index contributed by atoms with van der Waals surface area (Å²) in [5.41, 5.74) is 2.74. The summed E-state index contributed by atoms with van der Waals surface area (Å²) in [5.74, 6) is 0.379. The van der Waals surface area contributed by atoms with E-state index in [1.807, 2.05) is 43.3 Å². The van der Waals surface area contributed by atoms with Crippen LogP contribution in [0.1, 0.15) is 55.7 Å². The van der Waals surface area contributed by atoms with E-state index in [0.29, 0.717) is 25.4 Å². The predicted molar refractivity (Wildman–Crippen MR) is 184 cm³/mol. The van der Waals surface area contributed by atoms with Gasteiger partial charge in [-0.15, -0.1) is 0 Å². The number of hydrogen-bond acceptors (Lipinski definition) is 8. The highest BCUT2D eigenvalue weighted by Gasteiger charge is 2.46. The Balaban J connectivity index is 1.48. The van der Waals surface area contributed by atoms with Gasteiger partial charge in [-0.3, -0.25) is 4.79 Å². The topological polar surface area (TPSA) is 115 Å². The first-order chi connectivity index (χ1) is 22.9. The number of anilines is 1. The molecule has 1 fully saturated rings. The summed E-state index contributed by atoms with van der Waals surface area (Å²) in [7, 11) is -0.665. The van der Waals surface area contributed by atoms with Gasteiger partial charge < -0.3 is 29.0 Å². The molecule has 0 bridgehead atoms. The molecule has 3 aromatic rings. The number of carbonyl (C=O) groups is 1. The quantitative estimate of drug-likeness (QED) is 0.209. The van der Waals surface area contributed by atoms with Gasteiger partial charge in [-0.05, 0) is 87.6 Å². The molecule has 1 saturated heterocycles. The molecule has 2 aliphatic heterocycles. The Bertz CT molecular complexity index is 1640. The van der Waals surface area contributed by atoms with Gasteiger partial charge in [0.2, 0.25) is 10.0 Å². The molecule has 0 saturated carbocycles. The van der Waals surface area contributed by atoms with Crippen molar-refractivity contribution in [3.8, 4) is 11.5 Å². The van der Waals surface area contributed by atoms with E-state index in [1.165, 1.54) is 4.31 Å². The normalized spacial score (nSPS) is 20.2.